The van der Waals surface area contributed by atoms with Gasteiger partial charge in [0.2, 0.25) is 0 Å². The molecule has 1 N–H and O–H groups in total. The molecule has 0 spiro atoms. The molecule has 2 rings (SSSR count). The molecule has 0 atom stereocenters. The second-order valence-electron chi connectivity index (χ2n) is 2.84. The van der Waals surface area contributed by atoms with Crippen LogP contribution < -0.4 is 5.43 Å². The number of rotatable bonds is 2. The molecular formula is C12H11FeN2S2. The van der Waals surface area contributed by atoms with E-state index >= 15 is 0 Å². The van der Waals surface area contributed by atoms with Crippen molar-refractivity contribution in [1.82, 2.24) is 5.43 Å². The molecule has 0 unspecified atom stereocenters. The maximum Gasteiger partial charge on any atom is 3.00 e. The van der Waals surface area contributed by atoms with Crippen molar-refractivity contribution in [2.24, 2.45) is 5.10 Å². The Hall–Kier alpha value is -1.00. The minimum Gasteiger partial charge on any atom is -0.410 e. The Morgan fingerprint density at radius 1 is 1.24 bits per heavy atom. The van der Waals surface area contributed by atoms with Gasteiger partial charge >= 0.3 is 17.1 Å². The predicted octanol–water partition coefficient (Wildman–Crippen LogP) is 2.56. The fourth-order valence-corrected chi connectivity index (χ4v) is 1.06. The summed E-state index contributed by atoms with van der Waals surface area (Å²) in [6.45, 7) is 0. The van der Waals surface area contributed by atoms with Gasteiger partial charge in [-0.3, -0.25) is 5.43 Å². The van der Waals surface area contributed by atoms with Crippen LogP contribution in [-0.4, -0.2) is 10.5 Å². The molecule has 5 heteroatoms. The van der Waals surface area contributed by atoms with E-state index in [0.29, 0.717) is 0 Å². The van der Waals surface area contributed by atoms with Gasteiger partial charge in [0, 0.05) is 0 Å². The van der Waals surface area contributed by atoms with Gasteiger partial charge in [-0.25, -0.2) is 24.3 Å². The Balaban J connectivity index is 0.000000360. The van der Waals surface area contributed by atoms with E-state index in [4.69, 9.17) is 0 Å². The van der Waals surface area contributed by atoms with Crippen molar-refractivity contribution in [3.63, 3.8) is 0 Å². The van der Waals surface area contributed by atoms with E-state index in [1.165, 1.54) is 0 Å². The van der Waals surface area contributed by atoms with E-state index in [2.05, 4.69) is 35.4 Å². The van der Waals surface area contributed by atoms with E-state index in [1.54, 1.807) is 6.21 Å². The van der Waals surface area contributed by atoms with Crippen molar-refractivity contribution in [3.8, 4) is 0 Å². The van der Waals surface area contributed by atoms with Gasteiger partial charge in [-0.1, -0.05) is 0 Å². The van der Waals surface area contributed by atoms with Gasteiger partial charge in [-0.05, 0) is 10.5 Å². The van der Waals surface area contributed by atoms with E-state index < -0.39 is 0 Å². The molecule has 0 heterocycles. The molecule has 0 bridgehead atoms. The van der Waals surface area contributed by atoms with E-state index in [0.717, 1.165) is 5.56 Å². The van der Waals surface area contributed by atoms with Crippen molar-refractivity contribution in [1.29, 1.82) is 0 Å². The minimum atomic E-state index is 0. The summed E-state index contributed by atoms with van der Waals surface area (Å²) in [4.78, 5) is 0. The first-order chi connectivity index (χ1) is 7.79. The van der Waals surface area contributed by atoms with Crippen LogP contribution >= 0.6 is 12.2 Å². The number of hydrazone groups is 1. The van der Waals surface area contributed by atoms with Gasteiger partial charge < -0.3 is 24.8 Å². The van der Waals surface area contributed by atoms with Gasteiger partial charge in [0.15, 0.2) is 0 Å². The first kappa shape index (κ1) is 16.0. The van der Waals surface area contributed by atoms with Crippen LogP contribution in [0.1, 0.15) is 5.56 Å². The summed E-state index contributed by atoms with van der Waals surface area (Å²) < 4.78 is 0.257. The summed E-state index contributed by atoms with van der Waals surface area (Å²) >= 11 is 9.16. The van der Waals surface area contributed by atoms with Crippen LogP contribution in [0, 0.1) is 0 Å². The molecule has 2 aromatic carbocycles. The number of hydrogen-bond donors (Lipinski definition) is 1. The van der Waals surface area contributed by atoms with Gasteiger partial charge in [-0.15, -0.1) is 5.56 Å². The van der Waals surface area contributed by atoms with Crippen LogP contribution in [0.4, 0.5) is 0 Å². The first-order valence-electron chi connectivity index (χ1n) is 4.67. The second kappa shape index (κ2) is 10.2. The predicted molar refractivity (Wildman–Crippen MR) is 74.8 cm³/mol. The molecule has 0 saturated heterocycles. The monoisotopic (exact) mass is 303 g/mol. The fraction of sp³-hybridized carbons (Fsp3) is 0. The van der Waals surface area contributed by atoms with Crippen LogP contribution in [0.25, 0.3) is 0 Å². The molecule has 0 fully saturated rings. The average Bonchev–Trinajstić information content (AvgIpc) is 2.93. The zero-order valence-corrected chi connectivity index (χ0v) is 11.6. The maximum absolute atomic E-state index is 4.58. The van der Waals surface area contributed by atoms with E-state index in [1.807, 2.05) is 54.6 Å². The Morgan fingerprint density at radius 3 is 2.24 bits per heavy atom. The first-order valence-corrected chi connectivity index (χ1v) is 5.49. The molecule has 1 radical (unpaired) electrons. The Bertz CT molecular complexity index is 390. The molecule has 0 saturated carbocycles. The standard InChI is InChI=1S/C7H7N2S2.C5H5.Fe/c10-7(11)9-8-5-6-3-1-2-4-6;1-2-4-5-3-1;/h1-5H,(H2,9,10,11);1-5H;/q2*-1;+3/p-1. The average molecular weight is 303 g/mol. The van der Waals surface area contributed by atoms with Gasteiger partial charge in [0.05, 0.1) is 0 Å². The summed E-state index contributed by atoms with van der Waals surface area (Å²) in [6, 6.07) is 17.8. The van der Waals surface area contributed by atoms with Crippen molar-refractivity contribution in [2.75, 3.05) is 0 Å². The van der Waals surface area contributed by atoms with Gasteiger partial charge in [0.1, 0.15) is 0 Å². The van der Waals surface area contributed by atoms with Crippen LogP contribution in [0.15, 0.2) is 59.7 Å². The third-order valence-corrected chi connectivity index (χ3v) is 1.80. The topological polar surface area (TPSA) is 24.4 Å². The molecule has 0 aliphatic rings. The second-order valence-corrected chi connectivity index (χ2v) is 3.91. The third kappa shape index (κ3) is 8.77. The molecule has 17 heavy (non-hydrogen) atoms. The third-order valence-electron chi connectivity index (χ3n) is 1.61. The molecule has 2 aromatic rings. The molecule has 0 aliphatic heterocycles. The smallest absolute Gasteiger partial charge is 0.410 e. The number of hydrogen-bond acceptors (Lipinski definition) is 3. The minimum absolute atomic E-state index is 0. The fourth-order valence-electron chi connectivity index (χ4n) is 0.955. The summed E-state index contributed by atoms with van der Waals surface area (Å²) in [6.07, 6.45) is 1.67. The number of nitrogens with one attached hydrogen (secondary N) is 1. The summed E-state index contributed by atoms with van der Waals surface area (Å²) in [5.74, 6) is 0. The maximum atomic E-state index is 4.58. The summed E-state index contributed by atoms with van der Waals surface area (Å²) in [7, 11) is 0. The van der Waals surface area contributed by atoms with Crippen LogP contribution in [0.2, 0.25) is 0 Å². The van der Waals surface area contributed by atoms with Crippen LogP contribution in [0.3, 0.4) is 0 Å². The molecular weight excluding hydrogens is 292 g/mol. The molecule has 0 aromatic heterocycles. The SMILES string of the molecule is S=C([S-])NN=C[c-]1cccc1.[Fe+3].c1cc[cH-]c1. The number of nitrogens with zero attached hydrogens (tertiary/aromatic N) is 1. The zero-order valence-electron chi connectivity index (χ0n) is 8.89. The van der Waals surface area contributed by atoms with Gasteiger partial charge in [-0.2, -0.15) is 35.4 Å². The van der Waals surface area contributed by atoms with Crippen LogP contribution in [0.5, 0.6) is 0 Å². The van der Waals surface area contributed by atoms with Crippen LogP contribution in [-0.2, 0) is 29.7 Å². The Morgan fingerprint density at radius 2 is 1.82 bits per heavy atom. The normalized spacial score (nSPS) is 8.94. The molecule has 2 nitrogen and oxygen atoms in total. The van der Waals surface area contributed by atoms with E-state index in [-0.39, 0.29) is 21.4 Å². The Labute approximate surface area is 123 Å². The molecule has 89 valence electrons. The quantitative estimate of drug-likeness (QED) is 0.230. The van der Waals surface area contributed by atoms with Crippen molar-refractivity contribution >= 4 is 35.4 Å². The zero-order chi connectivity index (χ0) is 11.6. The van der Waals surface area contributed by atoms with Crippen molar-refractivity contribution in [2.45, 2.75) is 0 Å². The number of thiocarbonyl (C=S) groups is 1. The van der Waals surface area contributed by atoms with E-state index in [9.17, 15) is 0 Å². The molecule has 0 amide bonds. The summed E-state index contributed by atoms with van der Waals surface area (Å²) in [5.41, 5.74) is 3.53. The van der Waals surface area contributed by atoms with Crippen molar-refractivity contribution in [3.05, 3.63) is 60.2 Å². The summed E-state index contributed by atoms with van der Waals surface area (Å²) in [5, 5.41) is 3.79. The largest absolute Gasteiger partial charge is 3.00 e. The molecule has 0 aliphatic carbocycles. The van der Waals surface area contributed by atoms with Gasteiger partial charge in [0.25, 0.3) is 0 Å². The Kier molecular flexibility index (Phi) is 9.57. The van der Waals surface area contributed by atoms with Crippen molar-refractivity contribution < 1.29 is 17.1 Å².